The summed E-state index contributed by atoms with van der Waals surface area (Å²) in [6.45, 7) is 3.82. The van der Waals surface area contributed by atoms with Crippen LogP contribution in [0.4, 0.5) is 4.39 Å². The lowest BCUT2D eigenvalue weighted by Crippen LogP contribution is -2.32. The van der Waals surface area contributed by atoms with E-state index in [1.165, 1.54) is 30.5 Å². The molecule has 0 bridgehead atoms. The number of benzene rings is 1. The lowest BCUT2D eigenvalue weighted by atomic mass is 10.0. The molecule has 0 aliphatic carbocycles. The monoisotopic (exact) mass is 329 g/mol. The van der Waals surface area contributed by atoms with Gasteiger partial charge in [0.2, 0.25) is 11.7 Å². The predicted octanol–water partition coefficient (Wildman–Crippen LogP) is 3.60. The highest BCUT2D eigenvalue weighted by molar-refractivity contribution is 5.94. The van der Waals surface area contributed by atoms with Crippen LogP contribution in [0.3, 0.4) is 0 Å². The number of nitrogens with zero attached hydrogens (tertiary/aromatic N) is 2. The van der Waals surface area contributed by atoms with Crippen molar-refractivity contribution in [2.45, 2.75) is 19.9 Å². The molecule has 3 aromatic rings. The summed E-state index contributed by atoms with van der Waals surface area (Å²) >= 11 is 0. The highest BCUT2D eigenvalue weighted by Gasteiger charge is 2.26. The fourth-order valence-electron chi connectivity index (χ4n) is 2.24. The van der Waals surface area contributed by atoms with E-state index in [0.29, 0.717) is 11.6 Å². The Morgan fingerprint density at radius 3 is 2.75 bits per heavy atom. The molecule has 0 fully saturated rings. The predicted molar refractivity (Wildman–Crippen MR) is 83.4 cm³/mol. The number of halogens is 1. The minimum Gasteiger partial charge on any atom is -0.461 e. The summed E-state index contributed by atoms with van der Waals surface area (Å²) < 4.78 is 23.8. The van der Waals surface area contributed by atoms with Gasteiger partial charge in [0.1, 0.15) is 11.9 Å². The minimum absolute atomic E-state index is 0.00703. The van der Waals surface area contributed by atoms with E-state index in [2.05, 4.69) is 15.5 Å². The van der Waals surface area contributed by atoms with E-state index < -0.39 is 17.8 Å². The van der Waals surface area contributed by atoms with Crippen LogP contribution in [0.15, 0.2) is 51.6 Å². The third-order valence-corrected chi connectivity index (χ3v) is 3.49. The smallest absolute Gasteiger partial charge is 0.252 e. The molecule has 0 saturated heterocycles. The second-order valence-electron chi connectivity index (χ2n) is 5.64. The van der Waals surface area contributed by atoms with E-state index in [4.69, 9.17) is 8.94 Å². The molecule has 124 valence electrons. The molecule has 24 heavy (non-hydrogen) atoms. The summed E-state index contributed by atoms with van der Waals surface area (Å²) in [7, 11) is 0. The van der Waals surface area contributed by atoms with Crippen molar-refractivity contribution in [1.82, 2.24) is 15.5 Å². The lowest BCUT2D eigenvalue weighted by molar-refractivity contribution is 0.0913. The van der Waals surface area contributed by atoms with E-state index in [0.717, 1.165) is 0 Å². The van der Waals surface area contributed by atoms with Crippen molar-refractivity contribution in [3.8, 4) is 11.6 Å². The van der Waals surface area contributed by atoms with Gasteiger partial charge in [0, 0.05) is 5.56 Å². The Morgan fingerprint density at radius 2 is 2.08 bits per heavy atom. The van der Waals surface area contributed by atoms with E-state index in [-0.39, 0.29) is 17.4 Å². The molecule has 1 amide bonds. The Labute approximate surface area is 137 Å². The van der Waals surface area contributed by atoms with E-state index in [1.807, 2.05) is 13.8 Å². The molecule has 2 heterocycles. The number of nitrogens with one attached hydrogen (secondary N) is 1. The number of aromatic nitrogens is 2. The maximum Gasteiger partial charge on any atom is 0.252 e. The van der Waals surface area contributed by atoms with Crippen LogP contribution in [0.5, 0.6) is 0 Å². The first-order chi connectivity index (χ1) is 11.5. The topological polar surface area (TPSA) is 81.2 Å². The highest BCUT2D eigenvalue weighted by atomic mass is 19.1. The van der Waals surface area contributed by atoms with Gasteiger partial charge in [-0.3, -0.25) is 4.79 Å². The number of carbonyl (C=O) groups excluding carboxylic acids is 1. The zero-order chi connectivity index (χ0) is 17.1. The molecular weight excluding hydrogens is 313 g/mol. The minimum atomic E-state index is -0.503. The molecule has 0 unspecified atom stereocenters. The zero-order valence-electron chi connectivity index (χ0n) is 13.2. The lowest BCUT2D eigenvalue weighted by Gasteiger charge is -2.18. The van der Waals surface area contributed by atoms with Gasteiger partial charge in [0.25, 0.3) is 5.91 Å². The first kappa shape index (κ1) is 15.9. The van der Waals surface area contributed by atoms with Gasteiger partial charge in [0.05, 0.1) is 6.26 Å². The normalized spacial score (nSPS) is 12.3. The molecular formula is C17H16FN3O3. The van der Waals surface area contributed by atoms with Gasteiger partial charge in [0.15, 0.2) is 5.76 Å². The first-order valence-electron chi connectivity index (χ1n) is 7.48. The van der Waals surface area contributed by atoms with Crippen molar-refractivity contribution in [3.63, 3.8) is 0 Å². The van der Waals surface area contributed by atoms with Crippen molar-refractivity contribution in [3.05, 3.63) is 59.9 Å². The van der Waals surface area contributed by atoms with Gasteiger partial charge in [-0.05, 0) is 36.2 Å². The number of amides is 1. The van der Waals surface area contributed by atoms with Gasteiger partial charge in [-0.2, -0.15) is 4.98 Å². The second kappa shape index (κ2) is 6.66. The van der Waals surface area contributed by atoms with Gasteiger partial charge >= 0.3 is 0 Å². The quantitative estimate of drug-likeness (QED) is 0.773. The molecule has 6 nitrogen and oxygen atoms in total. The van der Waals surface area contributed by atoms with Gasteiger partial charge < -0.3 is 14.3 Å². The number of hydrogen-bond acceptors (Lipinski definition) is 5. The van der Waals surface area contributed by atoms with Crippen LogP contribution in [0, 0.1) is 11.7 Å². The molecule has 1 aromatic carbocycles. The summed E-state index contributed by atoms with van der Waals surface area (Å²) in [6, 6.07) is 8.41. The van der Waals surface area contributed by atoms with Crippen LogP contribution in [0.1, 0.15) is 36.1 Å². The standard InChI is InChI=1S/C17H16FN3O3/c1-10(2)14(19-16(22)11-5-3-6-12(18)9-11)17-20-15(21-24-17)13-7-4-8-23-13/h3-10,14H,1-2H3,(H,19,22)/t14-/m0/s1. The summed E-state index contributed by atoms with van der Waals surface area (Å²) in [5, 5.41) is 6.67. The average molecular weight is 329 g/mol. The average Bonchev–Trinajstić information content (AvgIpc) is 3.23. The number of carbonyl (C=O) groups is 1. The van der Waals surface area contributed by atoms with Crippen LogP contribution < -0.4 is 5.32 Å². The SMILES string of the molecule is CC(C)[C@H](NC(=O)c1cccc(F)c1)c1nc(-c2ccco2)no1. The van der Waals surface area contributed by atoms with Gasteiger partial charge in [-0.25, -0.2) is 4.39 Å². The van der Waals surface area contributed by atoms with Crippen molar-refractivity contribution < 1.29 is 18.1 Å². The number of rotatable bonds is 5. The van der Waals surface area contributed by atoms with Crippen molar-refractivity contribution in [2.24, 2.45) is 5.92 Å². The molecule has 1 N–H and O–H groups in total. The molecule has 0 spiro atoms. The largest absolute Gasteiger partial charge is 0.461 e. The van der Waals surface area contributed by atoms with E-state index in [9.17, 15) is 9.18 Å². The van der Waals surface area contributed by atoms with Crippen LogP contribution >= 0.6 is 0 Å². The maximum atomic E-state index is 13.3. The van der Waals surface area contributed by atoms with Crippen LogP contribution in [-0.4, -0.2) is 16.0 Å². The Bertz CT molecular complexity index is 827. The molecule has 0 aliphatic heterocycles. The second-order valence-corrected chi connectivity index (χ2v) is 5.64. The number of hydrogen-bond donors (Lipinski definition) is 1. The van der Waals surface area contributed by atoms with Crippen molar-refractivity contribution in [1.29, 1.82) is 0 Å². The Hall–Kier alpha value is -2.96. The first-order valence-corrected chi connectivity index (χ1v) is 7.48. The summed E-state index contributed by atoms with van der Waals surface area (Å²) in [5.74, 6) is 0.158. The Kier molecular flexibility index (Phi) is 4.41. The van der Waals surface area contributed by atoms with Crippen LogP contribution in [-0.2, 0) is 0 Å². The molecule has 0 aliphatic rings. The summed E-state index contributed by atoms with van der Waals surface area (Å²) in [4.78, 5) is 16.6. The molecule has 0 radical (unpaired) electrons. The van der Waals surface area contributed by atoms with Gasteiger partial charge in [-0.15, -0.1) is 0 Å². The Morgan fingerprint density at radius 1 is 1.25 bits per heavy atom. The molecule has 2 aromatic heterocycles. The van der Waals surface area contributed by atoms with Crippen LogP contribution in [0.2, 0.25) is 0 Å². The molecule has 7 heteroatoms. The van der Waals surface area contributed by atoms with E-state index >= 15 is 0 Å². The third-order valence-electron chi connectivity index (χ3n) is 3.49. The summed E-state index contributed by atoms with van der Waals surface area (Å²) in [5.41, 5.74) is 0.228. The van der Waals surface area contributed by atoms with Crippen molar-refractivity contribution in [2.75, 3.05) is 0 Å². The number of furan rings is 1. The summed E-state index contributed by atoms with van der Waals surface area (Å²) in [6.07, 6.45) is 1.51. The fraction of sp³-hybridized carbons (Fsp3) is 0.235. The van der Waals surface area contributed by atoms with Gasteiger partial charge in [-0.1, -0.05) is 25.1 Å². The third kappa shape index (κ3) is 3.34. The molecule has 1 atom stereocenters. The fourth-order valence-corrected chi connectivity index (χ4v) is 2.24. The van der Waals surface area contributed by atoms with Crippen LogP contribution in [0.25, 0.3) is 11.6 Å². The maximum absolute atomic E-state index is 13.3. The molecule has 0 saturated carbocycles. The van der Waals surface area contributed by atoms with Crippen molar-refractivity contribution >= 4 is 5.91 Å². The van der Waals surface area contributed by atoms with E-state index in [1.54, 1.807) is 12.1 Å². The highest BCUT2D eigenvalue weighted by Crippen LogP contribution is 2.24. The molecule has 3 rings (SSSR count). The zero-order valence-corrected chi connectivity index (χ0v) is 13.2. The Balaban J connectivity index is 1.81.